The molecular weight excluding hydrogens is 211 g/mol. The van der Waals surface area contributed by atoms with E-state index in [1.165, 1.54) is 0 Å². The summed E-state index contributed by atoms with van der Waals surface area (Å²) in [5.41, 5.74) is 0. The Balaban J connectivity index is 2.10. The number of ether oxygens (including phenoxy) is 2. The molecule has 1 aliphatic rings. The minimum atomic E-state index is -0.610. The molecule has 1 atom stereocenters. The lowest BCUT2D eigenvalue weighted by atomic mass is 10.3. The van der Waals surface area contributed by atoms with E-state index in [0.717, 1.165) is 12.6 Å². The molecule has 0 unspecified atom stereocenters. The van der Waals surface area contributed by atoms with E-state index < -0.39 is 5.82 Å². The maximum Gasteiger partial charge on any atom is 0.255 e. The summed E-state index contributed by atoms with van der Waals surface area (Å²) in [5, 5.41) is -0.0275. The SMILES string of the molecule is Fc1cnc(Cl)nc1O[C@@H]1CCOC1. The van der Waals surface area contributed by atoms with Crippen molar-refractivity contribution in [3.8, 4) is 5.88 Å². The fourth-order valence-corrected chi connectivity index (χ4v) is 1.30. The zero-order valence-corrected chi connectivity index (χ0v) is 8.00. The van der Waals surface area contributed by atoms with E-state index in [2.05, 4.69) is 9.97 Å². The molecule has 1 aromatic heterocycles. The average Bonchev–Trinajstić information content (AvgIpc) is 2.64. The molecule has 2 heterocycles. The van der Waals surface area contributed by atoms with Gasteiger partial charge < -0.3 is 9.47 Å². The van der Waals surface area contributed by atoms with Crippen LogP contribution in [0.2, 0.25) is 5.28 Å². The Hall–Kier alpha value is -0.940. The van der Waals surface area contributed by atoms with Crippen molar-refractivity contribution >= 4 is 11.6 Å². The molecule has 0 saturated carbocycles. The highest BCUT2D eigenvalue weighted by Crippen LogP contribution is 2.18. The molecule has 1 fully saturated rings. The topological polar surface area (TPSA) is 44.2 Å². The summed E-state index contributed by atoms with van der Waals surface area (Å²) < 4.78 is 23.4. The summed E-state index contributed by atoms with van der Waals surface area (Å²) in [7, 11) is 0. The van der Waals surface area contributed by atoms with E-state index in [-0.39, 0.29) is 17.3 Å². The maximum absolute atomic E-state index is 13.1. The van der Waals surface area contributed by atoms with E-state index in [9.17, 15) is 4.39 Å². The summed E-state index contributed by atoms with van der Waals surface area (Å²) in [6.45, 7) is 1.09. The second kappa shape index (κ2) is 4.06. The highest BCUT2D eigenvalue weighted by Gasteiger charge is 2.19. The fraction of sp³-hybridized carbons (Fsp3) is 0.500. The van der Waals surface area contributed by atoms with Gasteiger partial charge in [-0.15, -0.1) is 0 Å². The molecule has 6 heteroatoms. The summed E-state index contributed by atoms with van der Waals surface area (Å²) >= 11 is 5.50. The van der Waals surface area contributed by atoms with Crippen molar-refractivity contribution in [1.82, 2.24) is 9.97 Å². The van der Waals surface area contributed by atoms with Gasteiger partial charge in [-0.3, -0.25) is 0 Å². The number of nitrogens with zero attached hydrogens (tertiary/aromatic N) is 2. The summed E-state index contributed by atoms with van der Waals surface area (Å²) in [5.74, 6) is -0.721. The molecule has 1 aromatic rings. The molecule has 76 valence electrons. The number of halogens is 2. The molecule has 2 rings (SSSR count). The molecule has 0 radical (unpaired) electrons. The second-order valence-corrected chi connectivity index (χ2v) is 3.23. The van der Waals surface area contributed by atoms with Crippen molar-refractivity contribution in [3.05, 3.63) is 17.3 Å². The zero-order valence-electron chi connectivity index (χ0n) is 7.24. The molecule has 14 heavy (non-hydrogen) atoms. The maximum atomic E-state index is 13.1. The molecule has 4 nitrogen and oxygen atoms in total. The quantitative estimate of drug-likeness (QED) is 0.705. The van der Waals surface area contributed by atoms with Crippen LogP contribution in [-0.4, -0.2) is 29.3 Å². The number of hydrogen-bond acceptors (Lipinski definition) is 4. The highest BCUT2D eigenvalue weighted by atomic mass is 35.5. The molecule has 1 aliphatic heterocycles. The van der Waals surface area contributed by atoms with E-state index in [1.807, 2.05) is 0 Å². The Kier molecular flexibility index (Phi) is 2.79. The Bertz CT molecular complexity index is 331. The van der Waals surface area contributed by atoms with Crippen molar-refractivity contribution in [2.24, 2.45) is 0 Å². The first-order valence-electron chi connectivity index (χ1n) is 4.18. The van der Waals surface area contributed by atoms with Crippen molar-refractivity contribution in [2.75, 3.05) is 13.2 Å². The van der Waals surface area contributed by atoms with Gasteiger partial charge in [-0.2, -0.15) is 9.37 Å². The molecule has 0 amide bonds. The van der Waals surface area contributed by atoms with Crippen molar-refractivity contribution in [3.63, 3.8) is 0 Å². The van der Waals surface area contributed by atoms with Gasteiger partial charge in [0, 0.05) is 6.42 Å². The molecule has 0 bridgehead atoms. The van der Waals surface area contributed by atoms with Crippen molar-refractivity contribution in [1.29, 1.82) is 0 Å². The average molecular weight is 219 g/mol. The van der Waals surface area contributed by atoms with Gasteiger partial charge >= 0.3 is 0 Å². The van der Waals surface area contributed by atoms with Crippen LogP contribution >= 0.6 is 11.6 Å². The lowest BCUT2D eigenvalue weighted by molar-refractivity contribution is 0.134. The third kappa shape index (κ3) is 2.10. The third-order valence-electron chi connectivity index (χ3n) is 1.85. The Morgan fingerprint density at radius 2 is 2.50 bits per heavy atom. The lowest BCUT2D eigenvalue weighted by Gasteiger charge is -2.10. The molecule has 0 aromatic carbocycles. The summed E-state index contributed by atoms with van der Waals surface area (Å²) in [6.07, 6.45) is 1.58. The van der Waals surface area contributed by atoms with Crippen molar-refractivity contribution in [2.45, 2.75) is 12.5 Å². The van der Waals surface area contributed by atoms with Gasteiger partial charge in [0.05, 0.1) is 19.4 Å². The predicted molar refractivity (Wildman–Crippen MR) is 46.9 cm³/mol. The standard InChI is InChI=1S/C8H8ClFN2O2/c9-8-11-3-6(10)7(12-8)14-5-1-2-13-4-5/h3,5H,1-2,4H2/t5-/m1/s1. The van der Waals surface area contributed by atoms with Gasteiger partial charge in [-0.25, -0.2) is 4.98 Å². The van der Waals surface area contributed by atoms with Crippen molar-refractivity contribution < 1.29 is 13.9 Å². The zero-order chi connectivity index (χ0) is 9.97. The predicted octanol–water partition coefficient (Wildman–Crippen LogP) is 1.44. The first kappa shape index (κ1) is 9.61. The van der Waals surface area contributed by atoms with Crippen LogP contribution in [-0.2, 0) is 4.74 Å². The normalized spacial score (nSPS) is 21.1. The molecule has 0 aliphatic carbocycles. The minimum Gasteiger partial charge on any atom is -0.470 e. The number of aromatic nitrogens is 2. The first-order chi connectivity index (χ1) is 6.75. The summed E-state index contributed by atoms with van der Waals surface area (Å²) in [6, 6.07) is 0. The molecule has 0 spiro atoms. The first-order valence-corrected chi connectivity index (χ1v) is 4.56. The minimum absolute atomic E-state index is 0.0275. The van der Waals surface area contributed by atoms with Gasteiger partial charge in [0.25, 0.3) is 5.88 Å². The van der Waals surface area contributed by atoms with Gasteiger partial charge in [-0.05, 0) is 11.6 Å². The fourth-order valence-electron chi connectivity index (χ4n) is 1.18. The van der Waals surface area contributed by atoms with Crippen LogP contribution in [0.15, 0.2) is 6.20 Å². The Morgan fingerprint density at radius 1 is 1.64 bits per heavy atom. The van der Waals surface area contributed by atoms with E-state index >= 15 is 0 Å². The summed E-state index contributed by atoms with van der Waals surface area (Å²) in [4.78, 5) is 7.12. The Morgan fingerprint density at radius 3 is 3.21 bits per heavy atom. The van der Waals surface area contributed by atoms with Crippen LogP contribution in [0.5, 0.6) is 5.88 Å². The van der Waals surface area contributed by atoms with Crippen LogP contribution < -0.4 is 4.74 Å². The van der Waals surface area contributed by atoms with E-state index in [1.54, 1.807) is 0 Å². The number of rotatable bonds is 2. The Labute approximate surface area is 85.0 Å². The monoisotopic (exact) mass is 218 g/mol. The largest absolute Gasteiger partial charge is 0.470 e. The molecule has 1 saturated heterocycles. The van der Waals surface area contributed by atoms with Gasteiger partial charge in [0.2, 0.25) is 11.1 Å². The van der Waals surface area contributed by atoms with Gasteiger partial charge in [-0.1, -0.05) is 0 Å². The van der Waals surface area contributed by atoms with Crippen LogP contribution in [0.25, 0.3) is 0 Å². The van der Waals surface area contributed by atoms with E-state index in [0.29, 0.717) is 13.2 Å². The van der Waals surface area contributed by atoms with Gasteiger partial charge in [0.15, 0.2) is 0 Å². The van der Waals surface area contributed by atoms with Crippen LogP contribution in [0.4, 0.5) is 4.39 Å². The molecular formula is C8H8ClFN2O2. The smallest absolute Gasteiger partial charge is 0.255 e. The number of hydrogen-bond donors (Lipinski definition) is 0. The third-order valence-corrected chi connectivity index (χ3v) is 2.03. The van der Waals surface area contributed by atoms with Crippen LogP contribution in [0, 0.1) is 5.82 Å². The second-order valence-electron chi connectivity index (χ2n) is 2.90. The lowest BCUT2D eigenvalue weighted by Crippen LogP contribution is -2.17. The molecule has 0 N–H and O–H groups in total. The van der Waals surface area contributed by atoms with E-state index in [4.69, 9.17) is 21.1 Å². The van der Waals surface area contributed by atoms with Crippen LogP contribution in [0.1, 0.15) is 6.42 Å². The van der Waals surface area contributed by atoms with Gasteiger partial charge in [0.1, 0.15) is 6.10 Å². The van der Waals surface area contributed by atoms with Crippen LogP contribution in [0.3, 0.4) is 0 Å². The highest BCUT2D eigenvalue weighted by molar-refractivity contribution is 6.28.